The van der Waals surface area contributed by atoms with Crippen molar-refractivity contribution in [2.75, 3.05) is 17.2 Å². The summed E-state index contributed by atoms with van der Waals surface area (Å²) in [7, 11) is 0. The van der Waals surface area contributed by atoms with Crippen molar-refractivity contribution in [3.8, 4) is 16.9 Å². The van der Waals surface area contributed by atoms with Gasteiger partial charge in [-0.05, 0) is 55.2 Å². The number of urea groups is 1. The fraction of sp³-hybridized carbons (Fsp3) is 0.250. The predicted molar refractivity (Wildman–Crippen MR) is 135 cm³/mol. The minimum absolute atomic E-state index is 0.0991. The van der Waals surface area contributed by atoms with Crippen LogP contribution in [0, 0.1) is 11.8 Å². The van der Waals surface area contributed by atoms with E-state index in [4.69, 9.17) is 4.74 Å². The summed E-state index contributed by atoms with van der Waals surface area (Å²) in [5.41, 5.74) is 3.61. The van der Waals surface area contributed by atoms with Crippen LogP contribution in [-0.2, 0) is 4.79 Å². The fourth-order valence-electron chi connectivity index (χ4n) is 4.49. The van der Waals surface area contributed by atoms with E-state index in [1.54, 1.807) is 36.4 Å². The van der Waals surface area contributed by atoms with Crippen LogP contribution in [0.2, 0.25) is 0 Å². The molecule has 180 valence electrons. The number of hydrogen-bond acceptors (Lipinski definition) is 4. The summed E-state index contributed by atoms with van der Waals surface area (Å²) in [4.78, 5) is 36.7. The Morgan fingerprint density at radius 3 is 2.14 bits per heavy atom. The topological polar surface area (TPSA) is 105 Å². The van der Waals surface area contributed by atoms with Gasteiger partial charge >= 0.3 is 12.0 Å². The van der Waals surface area contributed by atoms with Crippen molar-refractivity contribution in [1.82, 2.24) is 0 Å². The first kappa shape index (κ1) is 24.0. The smallest absolute Gasteiger partial charge is 0.323 e. The maximum Gasteiger partial charge on any atom is 0.323 e. The van der Waals surface area contributed by atoms with E-state index in [1.807, 2.05) is 43.3 Å². The molecule has 3 N–H and O–H groups in total. The van der Waals surface area contributed by atoms with Gasteiger partial charge in [-0.1, -0.05) is 55.0 Å². The number of rotatable bonds is 8. The Morgan fingerprint density at radius 1 is 0.857 bits per heavy atom. The number of carboxylic acid groups (broad SMARTS) is 1. The third kappa shape index (κ3) is 5.69. The van der Waals surface area contributed by atoms with Gasteiger partial charge in [0.15, 0.2) is 5.78 Å². The summed E-state index contributed by atoms with van der Waals surface area (Å²) in [6.07, 6.45) is 1.95. The van der Waals surface area contributed by atoms with E-state index in [-0.39, 0.29) is 11.8 Å². The molecule has 1 fully saturated rings. The van der Waals surface area contributed by atoms with Gasteiger partial charge in [0.05, 0.1) is 18.2 Å². The molecule has 0 spiro atoms. The highest BCUT2D eigenvalue weighted by Crippen LogP contribution is 2.35. The van der Waals surface area contributed by atoms with Crippen LogP contribution in [-0.4, -0.2) is 29.5 Å². The standard InChI is InChI=1S/C28H28N2O5/c1-2-35-25-9-4-3-8-24(25)30-28(34)29-21-16-14-19(15-17-21)18-10-12-20(13-11-18)26(31)22-6-5-7-23(22)27(32)33/h3-4,8-17,22-23H,2,5-7H2,1H3,(H,32,33)(H2,29,30,34)/t22-,23-/m0/s1. The lowest BCUT2D eigenvalue weighted by Gasteiger charge is -2.15. The molecule has 1 aliphatic rings. The molecule has 2 atom stereocenters. The highest BCUT2D eigenvalue weighted by Gasteiger charge is 2.37. The molecule has 3 aromatic carbocycles. The number of ketones is 1. The van der Waals surface area contributed by atoms with Gasteiger partial charge in [0.1, 0.15) is 5.75 Å². The lowest BCUT2D eigenvalue weighted by molar-refractivity contribution is -0.142. The average molecular weight is 473 g/mol. The van der Waals surface area contributed by atoms with Crippen LogP contribution in [0.3, 0.4) is 0 Å². The highest BCUT2D eigenvalue weighted by atomic mass is 16.5. The van der Waals surface area contributed by atoms with E-state index in [0.29, 0.717) is 42.1 Å². The molecule has 7 nitrogen and oxygen atoms in total. The molecular weight excluding hydrogens is 444 g/mol. The molecule has 2 amide bonds. The van der Waals surface area contributed by atoms with Crippen molar-refractivity contribution in [2.24, 2.45) is 11.8 Å². The van der Waals surface area contributed by atoms with Crippen LogP contribution in [0.4, 0.5) is 16.2 Å². The number of anilines is 2. The summed E-state index contributed by atoms with van der Waals surface area (Å²) in [6, 6.07) is 21.5. The van der Waals surface area contributed by atoms with Gasteiger partial charge in [0, 0.05) is 17.2 Å². The number of para-hydroxylation sites is 2. The Bertz CT molecular complexity index is 1200. The van der Waals surface area contributed by atoms with Gasteiger partial charge in [-0.15, -0.1) is 0 Å². The van der Waals surface area contributed by atoms with E-state index < -0.39 is 17.8 Å². The minimum Gasteiger partial charge on any atom is -0.492 e. The number of aliphatic carboxylic acids is 1. The van der Waals surface area contributed by atoms with Gasteiger partial charge in [0.2, 0.25) is 0 Å². The number of carbonyl (C=O) groups excluding carboxylic acids is 2. The molecule has 35 heavy (non-hydrogen) atoms. The highest BCUT2D eigenvalue weighted by molar-refractivity contribution is 6.01. The number of carbonyl (C=O) groups is 3. The monoisotopic (exact) mass is 472 g/mol. The maximum atomic E-state index is 12.8. The zero-order valence-corrected chi connectivity index (χ0v) is 19.5. The van der Waals surface area contributed by atoms with Gasteiger partial charge < -0.3 is 20.5 Å². The Labute approximate surface area is 204 Å². The minimum atomic E-state index is -0.890. The fourth-order valence-corrected chi connectivity index (χ4v) is 4.49. The number of hydrogen-bond donors (Lipinski definition) is 3. The van der Waals surface area contributed by atoms with Crippen molar-refractivity contribution in [3.05, 3.63) is 78.4 Å². The predicted octanol–water partition coefficient (Wildman–Crippen LogP) is 6.08. The summed E-state index contributed by atoms with van der Waals surface area (Å²) in [5, 5.41) is 15.0. The molecule has 0 unspecified atom stereocenters. The third-order valence-electron chi connectivity index (χ3n) is 6.25. The Kier molecular flexibility index (Phi) is 7.45. The number of carboxylic acids is 1. The summed E-state index contributed by atoms with van der Waals surface area (Å²) in [5.74, 6) is -1.42. The molecule has 7 heteroatoms. The molecule has 3 aromatic rings. The average Bonchev–Trinajstić information content (AvgIpc) is 3.36. The van der Waals surface area contributed by atoms with Crippen molar-refractivity contribution in [3.63, 3.8) is 0 Å². The van der Waals surface area contributed by atoms with E-state index in [0.717, 1.165) is 17.5 Å². The van der Waals surface area contributed by atoms with Crippen molar-refractivity contribution < 1.29 is 24.2 Å². The third-order valence-corrected chi connectivity index (χ3v) is 6.25. The second kappa shape index (κ2) is 10.9. The number of benzene rings is 3. The van der Waals surface area contributed by atoms with Crippen LogP contribution in [0.5, 0.6) is 5.75 Å². The van der Waals surface area contributed by atoms with Crippen molar-refractivity contribution in [2.45, 2.75) is 26.2 Å². The lowest BCUT2D eigenvalue weighted by atomic mass is 9.88. The molecule has 4 rings (SSSR count). The number of amides is 2. The van der Waals surface area contributed by atoms with Crippen LogP contribution < -0.4 is 15.4 Å². The Morgan fingerprint density at radius 2 is 1.49 bits per heavy atom. The molecule has 0 aromatic heterocycles. The normalized spacial score (nSPS) is 16.9. The molecule has 0 bridgehead atoms. The van der Waals surface area contributed by atoms with E-state index >= 15 is 0 Å². The van der Waals surface area contributed by atoms with Crippen molar-refractivity contribution >= 4 is 29.2 Å². The largest absolute Gasteiger partial charge is 0.492 e. The van der Waals surface area contributed by atoms with Crippen LogP contribution in [0.15, 0.2) is 72.8 Å². The van der Waals surface area contributed by atoms with Crippen LogP contribution >= 0.6 is 0 Å². The molecular formula is C28H28N2O5. The second-order valence-corrected chi connectivity index (χ2v) is 8.51. The Hall–Kier alpha value is -4.13. The van der Waals surface area contributed by atoms with Gasteiger partial charge in [-0.3, -0.25) is 9.59 Å². The quantitative estimate of drug-likeness (QED) is 0.345. The first-order chi connectivity index (χ1) is 17.0. The van der Waals surface area contributed by atoms with E-state index in [1.165, 1.54) is 0 Å². The number of Topliss-reactive ketones (excluding diaryl/α,β-unsaturated/α-hetero) is 1. The lowest BCUT2D eigenvalue weighted by Crippen LogP contribution is -2.25. The van der Waals surface area contributed by atoms with Crippen molar-refractivity contribution in [1.29, 1.82) is 0 Å². The SMILES string of the molecule is CCOc1ccccc1NC(=O)Nc1ccc(-c2ccc(C(=O)[C@H]3CCC[C@@H]3C(=O)O)cc2)cc1. The number of nitrogens with one attached hydrogen (secondary N) is 2. The molecule has 1 saturated carbocycles. The summed E-state index contributed by atoms with van der Waals surface area (Å²) < 4.78 is 5.53. The first-order valence-electron chi connectivity index (χ1n) is 11.7. The van der Waals surface area contributed by atoms with Gasteiger partial charge in [-0.25, -0.2) is 4.79 Å². The second-order valence-electron chi connectivity index (χ2n) is 8.51. The van der Waals surface area contributed by atoms with Gasteiger partial charge in [-0.2, -0.15) is 0 Å². The molecule has 1 aliphatic carbocycles. The summed E-state index contributed by atoms with van der Waals surface area (Å²) >= 11 is 0. The summed E-state index contributed by atoms with van der Waals surface area (Å²) in [6.45, 7) is 2.38. The van der Waals surface area contributed by atoms with E-state index in [9.17, 15) is 19.5 Å². The zero-order valence-electron chi connectivity index (χ0n) is 19.5. The zero-order chi connectivity index (χ0) is 24.8. The molecule has 0 radical (unpaired) electrons. The maximum absolute atomic E-state index is 12.8. The Balaban J connectivity index is 1.38. The molecule has 0 heterocycles. The van der Waals surface area contributed by atoms with Gasteiger partial charge in [0.25, 0.3) is 0 Å². The molecule has 0 saturated heterocycles. The first-order valence-corrected chi connectivity index (χ1v) is 11.7. The van der Waals surface area contributed by atoms with Crippen LogP contribution in [0.1, 0.15) is 36.5 Å². The number of ether oxygens (including phenoxy) is 1. The van der Waals surface area contributed by atoms with Crippen LogP contribution in [0.25, 0.3) is 11.1 Å². The van der Waals surface area contributed by atoms with E-state index in [2.05, 4.69) is 10.6 Å². The molecule has 0 aliphatic heterocycles.